The van der Waals surface area contributed by atoms with Crippen LogP contribution in [0.15, 0.2) is 48.5 Å². The second-order valence-corrected chi connectivity index (χ2v) is 7.31. The van der Waals surface area contributed by atoms with E-state index in [1.54, 1.807) is 18.2 Å². The summed E-state index contributed by atoms with van der Waals surface area (Å²) >= 11 is 11.9. The maximum absolute atomic E-state index is 12.3. The summed E-state index contributed by atoms with van der Waals surface area (Å²) in [4.78, 5) is 14.1. The Balaban J connectivity index is 1.39. The average Bonchev–Trinajstić information content (AvgIpc) is 2.65. The summed E-state index contributed by atoms with van der Waals surface area (Å²) in [5.74, 6) is 1.13. The molecular formula is C20H22Cl2N2O2. The molecule has 3 rings (SSSR count). The van der Waals surface area contributed by atoms with Crippen LogP contribution in [-0.4, -0.2) is 30.8 Å². The van der Waals surface area contributed by atoms with Gasteiger partial charge in [0.2, 0.25) is 0 Å². The van der Waals surface area contributed by atoms with Gasteiger partial charge in [-0.25, -0.2) is 4.79 Å². The van der Waals surface area contributed by atoms with E-state index in [1.807, 2.05) is 11.0 Å². The van der Waals surface area contributed by atoms with Gasteiger partial charge >= 0.3 is 6.03 Å². The highest BCUT2D eigenvalue weighted by Gasteiger charge is 2.22. The molecule has 26 heavy (non-hydrogen) atoms. The van der Waals surface area contributed by atoms with Gasteiger partial charge in [-0.1, -0.05) is 53.5 Å². The van der Waals surface area contributed by atoms with Gasteiger partial charge in [0.05, 0.1) is 5.02 Å². The topological polar surface area (TPSA) is 41.6 Å². The van der Waals surface area contributed by atoms with Crippen molar-refractivity contribution in [2.45, 2.75) is 19.3 Å². The van der Waals surface area contributed by atoms with Crippen LogP contribution in [0.25, 0.3) is 0 Å². The highest BCUT2D eigenvalue weighted by molar-refractivity contribution is 6.35. The third-order valence-electron chi connectivity index (χ3n) is 4.61. The molecule has 0 aliphatic carbocycles. The molecule has 0 aromatic heterocycles. The number of rotatable bonds is 5. The molecule has 0 atom stereocenters. The zero-order valence-corrected chi connectivity index (χ0v) is 16.0. The minimum absolute atomic E-state index is 0.0735. The highest BCUT2D eigenvalue weighted by Crippen LogP contribution is 2.27. The first-order chi connectivity index (χ1) is 12.6. The van der Waals surface area contributed by atoms with Crippen molar-refractivity contribution in [1.82, 2.24) is 10.2 Å². The Morgan fingerprint density at radius 1 is 1.12 bits per heavy atom. The molecule has 2 amide bonds. The number of nitrogens with one attached hydrogen (secondary N) is 1. The normalized spacial score (nSPS) is 14.9. The summed E-state index contributed by atoms with van der Waals surface area (Å²) in [7, 11) is 0. The monoisotopic (exact) mass is 392 g/mol. The molecule has 0 spiro atoms. The summed E-state index contributed by atoms with van der Waals surface area (Å²) < 4.78 is 5.50. The van der Waals surface area contributed by atoms with Crippen LogP contribution in [0.5, 0.6) is 5.75 Å². The fraction of sp³-hybridized carbons (Fsp3) is 0.350. The molecule has 4 nitrogen and oxygen atoms in total. The number of piperidine rings is 1. The lowest BCUT2D eigenvalue weighted by Gasteiger charge is -2.32. The summed E-state index contributed by atoms with van der Waals surface area (Å²) in [6.07, 6.45) is 3.12. The van der Waals surface area contributed by atoms with Crippen LogP contribution in [0.4, 0.5) is 4.79 Å². The molecule has 1 heterocycles. The van der Waals surface area contributed by atoms with Crippen molar-refractivity contribution >= 4 is 29.2 Å². The summed E-state index contributed by atoms with van der Waals surface area (Å²) in [6.45, 7) is 1.61. The van der Waals surface area contributed by atoms with E-state index in [0.29, 0.717) is 21.7 Å². The molecule has 2 aromatic carbocycles. The largest absolute Gasteiger partial charge is 0.472 e. The molecule has 2 aromatic rings. The zero-order valence-electron chi connectivity index (χ0n) is 14.5. The van der Waals surface area contributed by atoms with E-state index < -0.39 is 0 Å². The fourth-order valence-corrected chi connectivity index (χ4v) is 3.63. The first kappa shape index (κ1) is 18.9. The minimum Gasteiger partial charge on any atom is -0.472 e. The van der Waals surface area contributed by atoms with Crippen molar-refractivity contribution in [2.75, 3.05) is 19.8 Å². The number of halogens is 2. The molecule has 1 fully saturated rings. The number of hydrogen-bond acceptors (Lipinski definition) is 2. The Labute approximate surface area is 164 Å². The van der Waals surface area contributed by atoms with Gasteiger partial charge < -0.3 is 15.0 Å². The Kier molecular flexibility index (Phi) is 6.64. The third kappa shape index (κ3) is 5.29. The van der Waals surface area contributed by atoms with Crippen LogP contribution >= 0.6 is 23.2 Å². The molecule has 1 N–H and O–H groups in total. The van der Waals surface area contributed by atoms with Gasteiger partial charge in [-0.3, -0.25) is 0 Å². The summed E-state index contributed by atoms with van der Waals surface area (Å²) in [6, 6.07) is 15.4. The molecule has 1 aliphatic heterocycles. The number of carbonyl (C=O) groups is 1. The van der Waals surface area contributed by atoms with Crippen molar-refractivity contribution in [3.63, 3.8) is 0 Å². The number of likely N-dealkylation sites (tertiary alicyclic amines) is 1. The lowest BCUT2D eigenvalue weighted by Crippen LogP contribution is -2.45. The second-order valence-electron chi connectivity index (χ2n) is 6.47. The predicted molar refractivity (Wildman–Crippen MR) is 105 cm³/mol. The van der Waals surface area contributed by atoms with Crippen molar-refractivity contribution in [3.8, 4) is 5.75 Å². The zero-order chi connectivity index (χ0) is 18.4. The van der Waals surface area contributed by atoms with Crippen molar-refractivity contribution < 1.29 is 9.53 Å². The van der Waals surface area contributed by atoms with E-state index >= 15 is 0 Å². The molecule has 6 heteroatoms. The van der Waals surface area contributed by atoms with Crippen LogP contribution in [0.2, 0.25) is 10.0 Å². The predicted octanol–water partition coefficient (Wildman–Crippen LogP) is 4.99. The summed E-state index contributed by atoms with van der Waals surface area (Å²) in [5.41, 5.74) is 1.36. The van der Waals surface area contributed by atoms with Gasteiger partial charge in [-0.15, -0.1) is 0 Å². The maximum Gasteiger partial charge on any atom is 0.320 e. The number of carbonyl (C=O) groups excluding carboxylic acids is 1. The number of hydrogen-bond donors (Lipinski definition) is 1. The van der Waals surface area contributed by atoms with Gasteiger partial charge in [0.25, 0.3) is 0 Å². The SMILES string of the molecule is O=C(NCOc1ccc(Cl)cc1Cl)N1CCC(Cc2ccccc2)CC1. The second kappa shape index (κ2) is 9.15. The van der Waals surface area contributed by atoms with Crippen molar-refractivity contribution in [1.29, 1.82) is 0 Å². The molecule has 0 bridgehead atoms. The van der Waals surface area contributed by atoms with Crippen molar-refractivity contribution in [3.05, 3.63) is 64.1 Å². The Bertz CT molecular complexity index is 732. The Morgan fingerprint density at radius 2 is 1.85 bits per heavy atom. The molecule has 1 aliphatic rings. The van der Waals surface area contributed by atoms with Gasteiger partial charge in [-0.2, -0.15) is 0 Å². The molecule has 138 valence electrons. The summed E-state index contributed by atoms with van der Waals surface area (Å²) in [5, 5.41) is 3.75. The standard InChI is InChI=1S/C20H22Cl2N2O2/c21-17-6-7-19(18(22)13-17)26-14-23-20(25)24-10-8-16(9-11-24)12-15-4-2-1-3-5-15/h1-7,13,16H,8-12,14H2,(H,23,25). The average molecular weight is 393 g/mol. The number of nitrogens with zero attached hydrogens (tertiary/aromatic N) is 1. The van der Waals surface area contributed by atoms with Crippen LogP contribution < -0.4 is 10.1 Å². The molecule has 0 saturated carbocycles. The van der Waals surface area contributed by atoms with Gasteiger partial charge in [0, 0.05) is 18.1 Å². The van der Waals surface area contributed by atoms with Gasteiger partial charge in [-0.05, 0) is 48.9 Å². The minimum atomic E-state index is -0.103. The van der Waals surface area contributed by atoms with Gasteiger partial charge in [0.1, 0.15) is 5.75 Å². The van der Waals surface area contributed by atoms with Crippen LogP contribution in [0.3, 0.4) is 0 Å². The number of benzene rings is 2. The quantitative estimate of drug-likeness (QED) is 0.727. The first-order valence-corrected chi connectivity index (χ1v) is 9.52. The smallest absolute Gasteiger partial charge is 0.320 e. The van der Waals surface area contributed by atoms with Crippen molar-refractivity contribution in [2.24, 2.45) is 5.92 Å². The number of urea groups is 1. The van der Waals surface area contributed by atoms with E-state index in [1.165, 1.54) is 5.56 Å². The molecular weight excluding hydrogens is 371 g/mol. The number of ether oxygens (including phenoxy) is 1. The molecule has 0 unspecified atom stereocenters. The Hall–Kier alpha value is -1.91. The van der Waals surface area contributed by atoms with E-state index in [9.17, 15) is 4.79 Å². The Morgan fingerprint density at radius 3 is 2.54 bits per heavy atom. The van der Waals surface area contributed by atoms with E-state index in [0.717, 1.165) is 32.4 Å². The highest BCUT2D eigenvalue weighted by atomic mass is 35.5. The van der Waals surface area contributed by atoms with E-state index in [2.05, 4.69) is 29.6 Å². The van der Waals surface area contributed by atoms with E-state index in [4.69, 9.17) is 27.9 Å². The number of amides is 2. The first-order valence-electron chi connectivity index (χ1n) is 8.76. The van der Waals surface area contributed by atoms with E-state index in [-0.39, 0.29) is 12.8 Å². The lowest BCUT2D eigenvalue weighted by molar-refractivity contribution is 0.161. The lowest BCUT2D eigenvalue weighted by atomic mass is 9.90. The van der Waals surface area contributed by atoms with Gasteiger partial charge in [0.15, 0.2) is 6.73 Å². The van der Waals surface area contributed by atoms with Crippen LogP contribution in [0, 0.1) is 5.92 Å². The van der Waals surface area contributed by atoms with Crippen LogP contribution in [0.1, 0.15) is 18.4 Å². The molecule has 0 radical (unpaired) electrons. The third-order valence-corrected chi connectivity index (χ3v) is 5.14. The maximum atomic E-state index is 12.3. The molecule has 1 saturated heterocycles. The fourth-order valence-electron chi connectivity index (χ4n) is 3.17. The van der Waals surface area contributed by atoms with Crippen LogP contribution in [-0.2, 0) is 6.42 Å².